The summed E-state index contributed by atoms with van der Waals surface area (Å²) in [5.74, 6) is 0. The zero-order chi connectivity index (χ0) is 13.7. The molecule has 4 nitrogen and oxygen atoms in total. The van der Waals surface area contributed by atoms with E-state index in [9.17, 15) is 5.11 Å². The first-order valence-electron chi connectivity index (χ1n) is 6.30. The second-order valence-corrected chi connectivity index (χ2v) is 4.94. The number of rotatable bonds is 6. The van der Waals surface area contributed by atoms with E-state index in [1.54, 1.807) is 10.9 Å². The number of hydrogen-bond acceptors (Lipinski definition) is 3. The molecule has 0 fully saturated rings. The van der Waals surface area contributed by atoms with Crippen LogP contribution in [0.15, 0.2) is 42.7 Å². The summed E-state index contributed by atoms with van der Waals surface area (Å²) in [5, 5.41) is 18.0. The molecule has 0 aliphatic heterocycles. The molecule has 0 saturated heterocycles. The molecule has 0 aliphatic carbocycles. The maximum Gasteiger partial charge on any atom is 0.0860 e. The quantitative estimate of drug-likeness (QED) is 0.853. The fourth-order valence-corrected chi connectivity index (χ4v) is 2.24. The zero-order valence-corrected chi connectivity index (χ0v) is 11.6. The van der Waals surface area contributed by atoms with Gasteiger partial charge in [0.05, 0.1) is 12.6 Å². The van der Waals surface area contributed by atoms with Gasteiger partial charge in [-0.05, 0) is 24.6 Å². The highest BCUT2D eigenvalue weighted by Crippen LogP contribution is 2.21. The first kappa shape index (κ1) is 14.1. The Labute approximate surface area is 118 Å². The molecule has 5 heteroatoms. The summed E-state index contributed by atoms with van der Waals surface area (Å²) in [6, 6.07) is 9.66. The molecule has 1 heterocycles. The fourth-order valence-electron chi connectivity index (χ4n) is 1.94. The smallest absolute Gasteiger partial charge is 0.0860 e. The van der Waals surface area contributed by atoms with E-state index in [4.69, 9.17) is 11.6 Å². The van der Waals surface area contributed by atoms with Crippen molar-refractivity contribution in [3.63, 3.8) is 0 Å². The topological polar surface area (TPSA) is 50.1 Å². The van der Waals surface area contributed by atoms with Crippen molar-refractivity contribution in [2.45, 2.75) is 25.6 Å². The van der Waals surface area contributed by atoms with E-state index >= 15 is 0 Å². The van der Waals surface area contributed by atoms with Crippen LogP contribution < -0.4 is 5.32 Å². The standard InChI is InChI=1S/C14H18ClN3O/c1-11(13-5-2-3-6-14(13)15)16-9-12(19)10-18-8-4-7-17-18/h2-8,11-12,16,19H,9-10H2,1H3/t11-,12?/m0/s1. The van der Waals surface area contributed by atoms with Crippen LogP contribution in [0.3, 0.4) is 0 Å². The number of aliphatic hydroxyl groups is 1. The Hall–Kier alpha value is -1.36. The van der Waals surface area contributed by atoms with Crippen molar-refractivity contribution in [1.82, 2.24) is 15.1 Å². The van der Waals surface area contributed by atoms with E-state index < -0.39 is 6.10 Å². The Morgan fingerprint density at radius 2 is 2.16 bits per heavy atom. The lowest BCUT2D eigenvalue weighted by molar-refractivity contribution is 0.143. The van der Waals surface area contributed by atoms with Gasteiger partial charge in [-0.1, -0.05) is 29.8 Å². The van der Waals surface area contributed by atoms with Crippen molar-refractivity contribution in [2.24, 2.45) is 0 Å². The second-order valence-electron chi connectivity index (χ2n) is 4.53. The van der Waals surface area contributed by atoms with E-state index in [-0.39, 0.29) is 6.04 Å². The number of nitrogens with zero attached hydrogens (tertiary/aromatic N) is 2. The lowest BCUT2D eigenvalue weighted by atomic mass is 10.1. The van der Waals surface area contributed by atoms with Crippen molar-refractivity contribution in [3.05, 3.63) is 53.3 Å². The van der Waals surface area contributed by atoms with Gasteiger partial charge in [-0.2, -0.15) is 5.10 Å². The SMILES string of the molecule is C[C@H](NCC(O)Cn1cccn1)c1ccccc1Cl. The van der Waals surface area contributed by atoms with Crippen molar-refractivity contribution in [1.29, 1.82) is 0 Å². The van der Waals surface area contributed by atoms with Gasteiger partial charge in [0, 0.05) is 30.0 Å². The third-order valence-corrected chi connectivity index (χ3v) is 3.33. The summed E-state index contributed by atoms with van der Waals surface area (Å²) in [6.45, 7) is 3.00. The highest BCUT2D eigenvalue weighted by Gasteiger charge is 2.11. The maximum atomic E-state index is 9.93. The minimum absolute atomic E-state index is 0.0981. The number of aromatic nitrogens is 2. The lowest BCUT2D eigenvalue weighted by Crippen LogP contribution is -2.32. The Kier molecular flexibility index (Phi) is 4.96. The summed E-state index contributed by atoms with van der Waals surface area (Å²) in [6.07, 6.45) is 3.05. The van der Waals surface area contributed by atoms with Gasteiger partial charge in [-0.15, -0.1) is 0 Å². The molecule has 1 aromatic carbocycles. The minimum atomic E-state index is -0.482. The largest absolute Gasteiger partial charge is 0.390 e. The van der Waals surface area contributed by atoms with Crippen molar-refractivity contribution in [3.8, 4) is 0 Å². The molecule has 1 aromatic heterocycles. The normalized spacial score (nSPS) is 14.3. The third-order valence-electron chi connectivity index (χ3n) is 2.99. The van der Waals surface area contributed by atoms with Gasteiger partial charge >= 0.3 is 0 Å². The monoisotopic (exact) mass is 279 g/mol. The van der Waals surface area contributed by atoms with Gasteiger partial charge in [-0.3, -0.25) is 4.68 Å². The van der Waals surface area contributed by atoms with Crippen LogP contribution in [0.5, 0.6) is 0 Å². The summed E-state index contributed by atoms with van der Waals surface area (Å²) >= 11 is 6.13. The third kappa shape index (κ3) is 4.06. The zero-order valence-electron chi connectivity index (χ0n) is 10.8. The van der Waals surface area contributed by atoms with Gasteiger partial charge in [0.1, 0.15) is 0 Å². The van der Waals surface area contributed by atoms with Crippen LogP contribution in [0.25, 0.3) is 0 Å². The maximum absolute atomic E-state index is 9.93. The van der Waals surface area contributed by atoms with Crippen LogP contribution in [-0.2, 0) is 6.54 Å². The summed E-state index contributed by atoms with van der Waals surface area (Å²) < 4.78 is 1.71. The van der Waals surface area contributed by atoms with E-state index in [1.807, 2.05) is 43.5 Å². The summed E-state index contributed by atoms with van der Waals surface area (Å²) in [4.78, 5) is 0. The number of aliphatic hydroxyl groups excluding tert-OH is 1. The predicted octanol–water partition coefficient (Wildman–Crippen LogP) is 2.25. The Balaban J connectivity index is 1.83. The Morgan fingerprint density at radius 3 is 2.84 bits per heavy atom. The van der Waals surface area contributed by atoms with Gasteiger partial charge in [0.25, 0.3) is 0 Å². The molecule has 2 N–H and O–H groups in total. The molecular weight excluding hydrogens is 262 g/mol. The molecule has 1 unspecified atom stereocenters. The molecule has 0 aliphatic rings. The Bertz CT molecular complexity index is 501. The van der Waals surface area contributed by atoms with Crippen LogP contribution in [0.2, 0.25) is 5.02 Å². The molecule has 0 amide bonds. The van der Waals surface area contributed by atoms with E-state index in [0.29, 0.717) is 13.1 Å². The first-order valence-corrected chi connectivity index (χ1v) is 6.68. The van der Waals surface area contributed by atoms with E-state index in [2.05, 4.69) is 10.4 Å². The predicted molar refractivity (Wildman–Crippen MR) is 76.1 cm³/mol. The lowest BCUT2D eigenvalue weighted by Gasteiger charge is -2.18. The number of hydrogen-bond donors (Lipinski definition) is 2. The second kappa shape index (κ2) is 6.70. The van der Waals surface area contributed by atoms with E-state index in [0.717, 1.165) is 10.6 Å². The van der Waals surface area contributed by atoms with Crippen LogP contribution >= 0.6 is 11.6 Å². The van der Waals surface area contributed by atoms with E-state index in [1.165, 1.54) is 0 Å². The molecule has 19 heavy (non-hydrogen) atoms. The van der Waals surface area contributed by atoms with Gasteiger partial charge in [0.2, 0.25) is 0 Å². The molecule has 102 valence electrons. The molecule has 0 bridgehead atoms. The molecule has 2 rings (SSSR count). The van der Waals surface area contributed by atoms with Crippen molar-refractivity contribution >= 4 is 11.6 Å². The summed E-state index contributed by atoms with van der Waals surface area (Å²) in [7, 11) is 0. The van der Waals surface area contributed by atoms with Crippen LogP contribution in [0, 0.1) is 0 Å². The van der Waals surface area contributed by atoms with Crippen molar-refractivity contribution < 1.29 is 5.11 Å². The molecular formula is C14H18ClN3O. The molecule has 2 atom stereocenters. The van der Waals surface area contributed by atoms with Gasteiger partial charge in [0.15, 0.2) is 0 Å². The minimum Gasteiger partial charge on any atom is -0.390 e. The highest BCUT2D eigenvalue weighted by molar-refractivity contribution is 6.31. The number of halogens is 1. The molecule has 0 spiro atoms. The molecule has 2 aromatic rings. The first-order chi connectivity index (χ1) is 9.16. The van der Waals surface area contributed by atoms with Crippen LogP contribution in [0.4, 0.5) is 0 Å². The average Bonchev–Trinajstić information content (AvgIpc) is 2.89. The average molecular weight is 280 g/mol. The fraction of sp³-hybridized carbons (Fsp3) is 0.357. The molecule has 0 saturated carbocycles. The molecule has 0 radical (unpaired) electrons. The van der Waals surface area contributed by atoms with Gasteiger partial charge < -0.3 is 10.4 Å². The van der Waals surface area contributed by atoms with Gasteiger partial charge in [-0.25, -0.2) is 0 Å². The van der Waals surface area contributed by atoms with Crippen molar-refractivity contribution in [2.75, 3.05) is 6.54 Å². The van der Waals surface area contributed by atoms with Crippen LogP contribution in [0.1, 0.15) is 18.5 Å². The summed E-state index contributed by atoms with van der Waals surface area (Å²) in [5.41, 5.74) is 1.04. The Morgan fingerprint density at radius 1 is 1.37 bits per heavy atom. The highest BCUT2D eigenvalue weighted by atomic mass is 35.5. The van der Waals surface area contributed by atoms with Crippen LogP contribution in [-0.4, -0.2) is 27.5 Å². The number of benzene rings is 1. The number of nitrogens with one attached hydrogen (secondary N) is 1.